The van der Waals surface area contributed by atoms with E-state index in [2.05, 4.69) is 15.0 Å². The predicted octanol–water partition coefficient (Wildman–Crippen LogP) is 2.49. The van der Waals surface area contributed by atoms with Crippen molar-refractivity contribution < 1.29 is 14.3 Å². The molecule has 0 fully saturated rings. The zero-order chi connectivity index (χ0) is 15.4. The van der Waals surface area contributed by atoms with Gasteiger partial charge in [0, 0.05) is 17.0 Å². The van der Waals surface area contributed by atoms with Gasteiger partial charge in [0.05, 0.1) is 30.3 Å². The topological polar surface area (TPSA) is 68.3 Å². The number of carbonyl (C=O) groups excluding carboxylic acids is 2. The molecule has 6 heteroatoms. The summed E-state index contributed by atoms with van der Waals surface area (Å²) in [5.41, 5.74) is 1.87. The zero-order valence-electron chi connectivity index (χ0n) is 11.8. The summed E-state index contributed by atoms with van der Waals surface area (Å²) in [5.74, 6) is -0.638. The Labute approximate surface area is 127 Å². The van der Waals surface area contributed by atoms with Crippen molar-refractivity contribution in [2.75, 3.05) is 13.7 Å². The second-order valence-electron chi connectivity index (χ2n) is 4.54. The summed E-state index contributed by atoms with van der Waals surface area (Å²) in [7, 11) is 1.31. The first kappa shape index (κ1) is 15.3. The highest BCUT2D eigenvalue weighted by molar-refractivity contribution is 6.31. The standard InChI is InChI=1S/C15H15ClN2O3/c1-9-12(15(20)17-6-5-14(19)21-2)8-10-7-11(16)3-4-13(10)18-9/h3-4,7-8H,5-6H2,1-2H3,(H,17,20). The number of benzene rings is 1. The lowest BCUT2D eigenvalue weighted by molar-refractivity contribution is -0.140. The van der Waals surface area contributed by atoms with Crippen LogP contribution < -0.4 is 5.32 Å². The average molecular weight is 307 g/mol. The van der Waals surface area contributed by atoms with Crippen LogP contribution in [0.5, 0.6) is 0 Å². The van der Waals surface area contributed by atoms with Gasteiger partial charge in [0.25, 0.3) is 5.91 Å². The summed E-state index contributed by atoms with van der Waals surface area (Å²) in [4.78, 5) is 27.5. The maximum Gasteiger partial charge on any atom is 0.307 e. The van der Waals surface area contributed by atoms with Crippen molar-refractivity contribution in [2.24, 2.45) is 0 Å². The van der Waals surface area contributed by atoms with E-state index < -0.39 is 0 Å². The van der Waals surface area contributed by atoms with E-state index in [4.69, 9.17) is 11.6 Å². The lowest BCUT2D eigenvalue weighted by atomic mass is 10.1. The van der Waals surface area contributed by atoms with Crippen LogP contribution in [0.2, 0.25) is 5.02 Å². The summed E-state index contributed by atoms with van der Waals surface area (Å²) < 4.78 is 4.52. The Morgan fingerprint density at radius 2 is 2.10 bits per heavy atom. The molecule has 0 saturated carbocycles. The van der Waals surface area contributed by atoms with Crippen molar-refractivity contribution in [3.8, 4) is 0 Å². The van der Waals surface area contributed by atoms with Gasteiger partial charge in [0.15, 0.2) is 0 Å². The van der Waals surface area contributed by atoms with Crippen molar-refractivity contribution in [2.45, 2.75) is 13.3 Å². The number of esters is 1. The number of aromatic nitrogens is 1. The molecule has 0 radical (unpaired) electrons. The molecule has 5 nitrogen and oxygen atoms in total. The largest absolute Gasteiger partial charge is 0.469 e. The van der Waals surface area contributed by atoms with E-state index in [0.29, 0.717) is 16.3 Å². The number of fused-ring (bicyclic) bond motifs is 1. The monoisotopic (exact) mass is 306 g/mol. The van der Waals surface area contributed by atoms with E-state index in [-0.39, 0.29) is 24.8 Å². The van der Waals surface area contributed by atoms with Crippen LogP contribution in [-0.2, 0) is 9.53 Å². The third kappa shape index (κ3) is 3.70. The van der Waals surface area contributed by atoms with Gasteiger partial charge in [0.1, 0.15) is 0 Å². The van der Waals surface area contributed by atoms with E-state index in [1.807, 2.05) is 6.07 Å². The Morgan fingerprint density at radius 1 is 1.33 bits per heavy atom. The normalized spacial score (nSPS) is 10.4. The van der Waals surface area contributed by atoms with Crippen LogP contribution >= 0.6 is 11.6 Å². The summed E-state index contributed by atoms with van der Waals surface area (Å²) in [6, 6.07) is 7.07. The average Bonchev–Trinajstić information content (AvgIpc) is 2.46. The van der Waals surface area contributed by atoms with Crippen molar-refractivity contribution in [3.63, 3.8) is 0 Å². The first-order chi connectivity index (χ1) is 10.0. The van der Waals surface area contributed by atoms with E-state index in [1.165, 1.54) is 7.11 Å². The maximum atomic E-state index is 12.1. The Kier molecular flexibility index (Phi) is 4.75. The smallest absolute Gasteiger partial charge is 0.307 e. The molecule has 2 aromatic rings. The van der Waals surface area contributed by atoms with Crippen molar-refractivity contribution in [1.29, 1.82) is 0 Å². The fraction of sp³-hybridized carbons (Fsp3) is 0.267. The summed E-state index contributed by atoms with van der Waals surface area (Å²) in [6.07, 6.45) is 0.133. The predicted molar refractivity (Wildman–Crippen MR) is 80.5 cm³/mol. The highest BCUT2D eigenvalue weighted by Crippen LogP contribution is 2.20. The molecule has 110 valence electrons. The number of methoxy groups -OCH3 is 1. The molecule has 1 N–H and O–H groups in total. The minimum Gasteiger partial charge on any atom is -0.469 e. The number of halogens is 1. The van der Waals surface area contributed by atoms with Crippen LogP contribution in [0.1, 0.15) is 22.5 Å². The van der Waals surface area contributed by atoms with Gasteiger partial charge < -0.3 is 10.1 Å². The van der Waals surface area contributed by atoms with Crippen LogP contribution in [0, 0.1) is 6.92 Å². The lowest BCUT2D eigenvalue weighted by Crippen LogP contribution is -2.27. The number of ether oxygens (including phenoxy) is 1. The van der Waals surface area contributed by atoms with Gasteiger partial charge in [-0.15, -0.1) is 0 Å². The number of hydrogen-bond acceptors (Lipinski definition) is 4. The van der Waals surface area contributed by atoms with Gasteiger partial charge in [-0.05, 0) is 31.2 Å². The first-order valence-corrected chi connectivity index (χ1v) is 6.81. The highest BCUT2D eigenvalue weighted by atomic mass is 35.5. The number of amides is 1. The van der Waals surface area contributed by atoms with Gasteiger partial charge in [-0.2, -0.15) is 0 Å². The number of hydrogen-bond donors (Lipinski definition) is 1. The van der Waals surface area contributed by atoms with Gasteiger partial charge in [-0.1, -0.05) is 11.6 Å². The SMILES string of the molecule is COC(=O)CCNC(=O)c1cc2cc(Cl)ccc2nc1C. The Hall–Kier alpha value is -2.14. The second kappa shape index (κ2) is 6.54. The summed E-state index contributed by atoms with van der Waals surface area (Å²) in [5, 5.41) is 4.06. The van der Waals surface area contributed by atoms with Crippen LogP contribution in [0.4, 0.5) is 0 Å². The molecule has 1 aromatic carbocycles. The third-order valence-corrected chi connectivity index (χ3v) is 3.29. The minimum absolute atomic E-state index is 0.133. The lowest BCUT2D eigenvalue weighted by Gasteiger charge is -2.08. The maximum absolute atomic E-state index is 12.1. The Balaban J connectivity index is 2.18. The van der Waals surface area contributed by atoms with Crippen molar-refractivity contribution >= 4 is 34.4 Å². The number of aryl methyl sites for hydroxylation is 1. The molecule has 0 aliphatic carbocycles. The molecular weight excluding hydrogens is 292 g/mol. The number of nitrogens with zero attached hydrogens (tertiary/aromatic N) is 1. The number of pyridine rings is 1. The Bertz CT molecular complexity index is 701. The van der Waals surface area contributed by atoms with Crippen molar-refractivity contribution in [3.05, 3.63) is 40.5 Å². The van der Waals surface area contributed by atoms with E-state index >= 15 is 0 Å². The third-order valence-electron chi connectivity index (χ3n) is 3.05. The molecule has 1 aromatic heterocycles. The molecule has 0 saturated heterocycles. The van der Waals surface area contributed by atoms with Gasteiger partial charge in [0.2, 0.25) is 0 Å². The zero-order valence-corrected chi connectivity index (χ0v) is 12.5. The molecule has 21 heavy (non-hydrogen) atoms. The second-order valence-corrected chi connectivity index (χ2v) is 4.98. The number of rotatable bonds is 4. The molecule has 2 rings (SSSR count). The summed E-state index contributed by atoms with van der Waals surface area (Å²) >= 11 is 5.95. The van der Waals surface area contributed by atoms with Crippen LogP contribution in [0.3, 0.4) is 0 Å². The number of nitrogens with one attached hydrogen (secondary N) is 1. The minimum atomic E-state index is -0.365. The number of carbonyl (C=O) groups is 2. The van der Waals surface area contributed by atoms with Crippen molar-refractivity contribution in [1.82, 2.24) is 10.3 Å². The molecule has 1 amide bonds. The van der Waals surface area contributed by atoms with E-state index in [1.54, 1.807) is 25.1 Å². The molecule has 0 aliphatic rings. The van der Waals surface area contributed by atoms with Gasteiger partial charge in [-0.25, -0.2) is 0 Å². The molecule has 0 bridgehead atoms. The fourth-order valence-electron chi connectivity index (χ4n) is 1.95. The summed E-state index contributed by atoms with van der Waals surface area (Å²) in [6.45, 7) is 1.99. The van der Waals surface area contributed by atoms with Crippen LogP contribution in [0.15, 0.2) is 24.3 Å². The highest BCUT2D eigenvalue weighted by Gasteiger charge is 2.12. The molecule has 0 spiro atoms. The van der Waals surface area contributed by atoms with E-state index in [9.17, 15) is 9.59 Å². The van der Waals surface area contributed by atoms with Gasteiger partial charge >= 0.3 is 5.97 Å². The molecule has 1 heterocycles. The molecule has 0 unspecified atom stereocenters. The van der Waals surface area contributed by atoms with Crippen LogP contribution in [0.25, 0.3) is 10.9 Å². The molecule has 0 atom stereocenters. The molecule has 0 aliphatic heterocycles. The first-order valence-electron chi connectivity index (χ1n) is 6.43. The van der Waals surface area contributed by atoms with Gasteiger partial charge in [-0.3, -0.25) is 14.6 Å². The fourth-order valence-corrected chi connectivity index (χ4v) is 2.13. The van der Waals surface area contributed by atoms with E-state index in [0.717, 1.165) is 10.9 Å². The molecular formula is C15H15ClN2O3. The Morgan fingerprint density at radius 3 is 2.81 bits per heavy atom. The quantitative estimate of drug-likeness (QED) is 0.881. The van der Waals surface area contributed by atoms with Crippen LogP contribution in [-0.4, -0.2) is 30.5 Å².